The molecule has 3 rings (SSSR count). The van der Waals surface area contributed by atoms with Crippen LogP contribution in [0.2, 0.25) is 0 Å². The van der Waals surface area contributed by atoms with Gasteiger partial charge in [-0.05, 0) is 56.2 Å². The molecule has 0 radical (unpaired) electrons. The van der Waals surface area contributed by atoms with Gasteiger partial charge >= 0.3 is 0 Å². The van der Waals surface area contributed by atoms with Crippen LogP contribution in [0.5, 0.6) is 5.75 Å². The molecule has 0 amide bonds. The minimum absolute atomic E-state index is 0.0116. The van der Waals surface area contributed by atoms with Gasteiger partial charge in [-0.2, -0.15) is 0 Å². The van der Waals surface area contributed by atoms with E-state index in [-0.39, 0.29) is 29.7 Å². The van der Waals surface area contributed by atoms with Crippen LogP contribution in [0.4, 0.5) is 14.5 Å². The highest BCUT2D eigenvalue weighted by Crippen LogP contribution is 2.28. The van der Waals surface area contributed by atoms with Gasteiger partial charge < -0.3 is 9.26 Å². The zero-order valence-corrected chi connectivity index (χ0v) is 18.5. The van der Waals surface area contributed by atoms with Crippen molar-refractivity contribution in [3.63, 3.8) is 0 Å². The normalized spacial score (nSPS) is 11.7. The van der Waals surface area contributed by atoms with Crippen molar-refractivity contribution in [2.24, 2.45) is 5.92 Å². The van der Waals surface area contributed by atoms with Crippen LogP contribution in [0.1, 0.15) is 30.9 Å². The molecule has 1 heterocycles. The van der Waals surface area contributed by atoms with E-state index in [0.717, 1.165) is 27.7 Å². The lowest BCUT2D eigenvalue weighted by Crippen LogP contribution is -2.34. The molecular weight excluding hydrogens is 426 g/mol. The number of ether oxygens (including phenoxy) is 1. The molecule has 0 spiro atoms. The molecule has 6 nitrogen and oxygen atoms in total. The highest BCUT2D eigenvalue weighted by Gasteiger charge is 2.26. The summed E-state index contributed by atoms with van der Waals surface area (Å²) in [6.45, 7) is 7.54. The van der Waals surface area contributed by atoms with Crippen LogP contribution in [0.15, 0.2) is 51.9 Å². The number of nitrogens with zero attached hydrogens (tertiary/aromatic N) is 2. The van der Waals surface area contributed by atoms with Gasteiger partial charge in [0, 0.05) is 12.6 Å². The Bertz CT molecular complexity index is 1120. The van der Waals surface area contributed by atoms with Crippen molar-refractivity contribution in [2.45, 2.75) is 39.2 Å². The smallest absolute Gasteiger partial charge is 0.264 e. The summed E-state index contributed by atoms with van der Waals surface area (Å²) >= 11 is 0. The highest BCUT2D eigenvalue weighted by atomic mass is 32.2. The summed E-state index contributed by atoms with van der Waals surface area (Å²) in [5.74, 6) is -0.641. The summed E-state index contributed by atoms with van der Waals surface area (Å²) < 4.78 is 65.8. The lowest BCUT2D eigenvalue weighted by Gasteiger charge is -2.26. The van der Waals surface area contributed by atoms with Crippen molar-refractivity contribution < 1.29 is 26.5 Å². The van der Waals surface area contributed by atoms with Crippen LogP contribution in [0.3, 0.4) is 0 Å². The molecule has 3 aromatic rings. The largest absolute Gasteiger partial charge is 0.489 e. The molecule has 0 aliphatic rings. The van der Waals surface area contributed by atoms with E-state index < -0.39 is 21.7 Å². The molecule has 0 aliphatic heterocycles. The van der Waals surface area contributed by atoms with Gasteiger partial charge in [0.1, 0.15) is 29.8 Å². The van der Waals surface area contributed by atoms with Crippen LogP contribution in [-0.2, 0) is 16.6 Å². The Kier molecular flexibility index (Phi) is 6.64. The first kappa shape index (κ1) is 22.7. The number of benzene rings is 2. The molecule has 0 fully saturated rings. The predicted octanol–water partition coefficient (Wildman–Crippen LogP) is 5.00. The second-order valence-electron chi connectivity index (χ2n) is 7.62. The van der Waals surface area contributed by atoms with Crippen molar-refractivity contribution in [3.05, 3.63) is 71.1 Å². The Balaban J connectivity index is 1.86. The third-order valence-electron chi connectivity index (χ3n) is 4.64. The van der Waals surface area contributed by atoms with Gasteiger partial charge in [0.15, 0.2) is 0 Å². The van der Waals surface area contributed by atoms with Crippen LogP contribution >= 0.6 is 0 Å². The zero-order chi connectivity index (χ0) is 22.8. The minimum atomic E-state index is -4.05. The SMILES string of the molecule is Cc1noc(C)c1COc1ccc(S(=O)(=O)N(CC(C)C)c2cc(F)cc(F)c2)cc1. The second-order valence-corrected chi connectivity index (χ2v) is 9.48. The minimum Gasteiger partial charge on any atom is -0.489 e. The summed E-state index contributed by atoms with van der Waals surface area (Å²) in [5.41, 5.74) is 1.49. The molecule has 0 unspecified atom stereocenters. The molecule has 166 valence electrons. The first-order valence-electron chi connectivity index (χ1n) is 9.71. The van der Waals surface area contributed by atoms with Crippen molar-refractivity contribution in [2.75, 3.05) is 10.8 Å². The summed E-state index contributed by atoms with van der Waals surface area (Å²) in [6, 6.07) is 8.58. The van der Waals surface area contributed by atoms with Gasteiger partial charge in [-0.15, -0.1) is 0 Å². The zero-order valence-electron chi connectivity index (χ0n) is 17.7. The number of sulfonamides is 1. The van der Waals surface area contributed by atoms with E-state index >= 15 is 0 Å². The van der Waals surface area contributed by atoms with E-state index in [9.17, 15) is 17.2 Å². The predicted molar refractivity (Wildman–Crippen MR) is 112 cm³/mol. The molecule has 2 aromatic carbocycles. The molecule has 9 heteroatoms. The lowest BCUT2D eigenvalue weighted by atomic mass is 10.2. The van der Waals surface area contributed by atoms with Crippen LogP contribution in [0, 0.1) is 31.4 Å². The van der Waals surface area contributed by atoms with E-state index in [1.165, 1.54) is 24.3 Å². The number of hydrogen-bond acceptors (Lipinski definition) is 5. The lowest BCUT2D eigenvalue weighted by molar-refractivity contribution is 0.301. The number of aromatic nitrogens is 1. The van der Waals surface area contributed by atoms with E-state index in [1.54, 1.807) is 6.92 Å². The Hall–Kier alpha value is -2.94. The summed E-state index contributed by atoms with van der Waals surface area (Å²) in [4.78, 5) is -0.0116. The quantitative estimate of drug-likeness (QED) is 0.483. The molecule has 31 heavy (non-hydrogen) atoms. The molecule has 0 atom stereocenters. The van der Waals surface area contributed by atoms with Gasteiger partial charge in [-0.25, -0.2) is 17.2 Å². The molecule has 0 saturated heterocycles. The highest BCUT2D eigenvalue weighted by molar-refractivity contribution is 7.92. The number of halogens is 2. The topological polar surface area (TPSA) is 72.6 Å². The monoisotopic (exact) mass is 450 g/mol. The first-order chi connectivity index (χ1) is 14.6. The van der Waals surface area contributed by atoms with E-state index in [0.29, 0.717) is 17.6 Å². The second kappa shape index (κ2) is 9.05. The van der Waals surface area contributed by atoms with Crippen LogP contribution in [-0.4, -0.2) is 20.1 Å². The third kappa shape index (κ3) is 5.22. The average Bonchev–Trinajstić information content (AvgIpc) is 3.01. The maximum absolute atomic E-state index is 13.7. The average molecular weight is 451 g/mol. The van der Waals surface area contributed by atoms with Gasteiger partial charge in [0.2, 0.25) is 0 Å². The Labute approximate surface area is 180 Å². The fraction of sp³-hybridized carbons (Fsp3) is 0.318. The van der Waals surface area contributed by atoms with Crippen LogP contribution < -0.4 is 9.04 Å². The third-order valence-corrected chi connectivity index (χ3v) is 6.45. The standard InChI is InChI=1S/C22H24F2N2O4S/c1-14(2)12-26(19-10-17(23)9-18(24)11-19)31(27,28)21-7-5-20(6-8-21)29-13-22-15(3)25-30-16(22)4/h5-11,14H,12-13H2,1-4H3. The molecule has 0 aliphatic carbocycles. The Morgan fingerprint density at radius 1 is 1.06 bits per heavy atom. The van der Waals surface area contributed by atoms with E-state index in [2.05, 4.69) is 5.16 Å². The van der Waals surface area contributed by atoms with Gasteiger partial charge in [0.25, 0.3) is 10.0 Å². The fourth-order valence-corrected chi connectivity index (χ4v) is 4.67. The number of hydrogen-bond donors (Lipinski definition) is 0. The van der Waals surface area contributed by atoms with E-state index in [4.69, 9.17) is 9.26 Å². The van der Waals surface area contributed by atoms with Gasteiger partial charge in [-0.3, -0.25) is 4.31 Å². The number of anilines is 1. The van der Waals surface area contributed by atoms with Gasteiger partial charge in [-0.1, -0.05) is 19.0 Å². The maximum Gasteiger partial charge on any atom is 0.264 e. The van der Waals surface area contributed by atoms with Crippen molar-refractivity contribution in [1.82, 2.24) is 5.16 Å². The number of aryl methyl sites for hydroxylation is 2. The van der Waals surface area contributed by atoms with Crippen LogP contribution in [0.25, 0.3) is 0 Å². The molecule has 0 saturated carbocycles. The molecular formula is C22H24F2N2O4S. The fourth-order valence-electron chi connectivity index (χ4n) is 3.06. The summed E-state index contributed by atoms with van der Waals surface area (Å²) in [7, 11) is -4.05. The van der Waals surface area contributed by atoms with Gasteiger partial charge in [0.05, 0.1) is 21.8 Å². The summed E-state index contributed by atoms with van der Waals surface area (Å²) in [5, 5.41) is 3.87. The van der Waals surface area contributed by atoms with Crippen molar-refractivity contribution >= 4 is 15.7 Å². The van der Waals surface area contributed by atoms with E-state index in [1.807, 2.05) is 20.8 Å². The Morgan fingerprint density at radius 2 is 1.68 bits per heavy atom. The molecule has 0 bridgehead atoms. The van der Waals surface area contributed by atoms with Crippen molar-refractivity contribution in [1.29, 1.82) is 0 Å². The molecule has 1 aromatic heterocycles. The molecule has 0 N–H and O–H groups in total. The first-order valence-corrected chi connectivity index (χ1v) is 11.2. The number of rotatable bonds is 8. The Morgan fingerprint density at radius 3 is 2.19 bits per heavy atom. The maximum atomic E-state index is 13.7. The summed E-state index contributed by atoms with van der Waals surface area (Å²) in [6.07, 6.45) is 0. The van der Waals surface area contributed by atoms with Crippen molar-refractivity contribution in [3.8, 4) is 5.75 Å².